The normalized spacial score (nSPS) is 10.6. The van der Waals surface area contributed by atoms with Gasteiger partial charge >= 0.3 is 0 Å². The summed E-state index contributed by atoms with van der Waals surface area (Å²) in [6.45, 7) is 6.37. The van der Waals surface area contributed by atoms with Gasteiger partial charge in [0.15, 0.2) is 0 Å². The van der Waals surface area contributed by atoms with Gasteiger partial charge in [0.05, 0.1) is 29.8 Å². The van der Waals surface area contributed by atoms with Crippen LogP contribution in [-0.4, -0.2) is 41.7 Å². The topological polar surface area (TPSA) is 154 Å². The van der Waals surface area contributed by atoms with Gasteiger partial charge in [-0.05, 0) is 99.1 Å². The van der Waals surface area contributed by atoms with E-state index >= 15 is 0 Å². The van der Waals surface area contributed by atoms with Gasteiger partial charge < -0.3 is 20.1 Å². The first-order valence-electron chi connectivity index (χ1n) is 18.2. The first-order chi connectivity index (χ1) is 27.8. The maximum Gasteiger partial charge on any atom is 0.252 e. The summed E-state index contributed by atoms with van der Waals surface area (Å²) in [7, 11) is 0. The monoisotopic (exact) mass is 754 g/mol. The van der Waals surface area contributed by atoms with Gasteiger partial charge in [0, 0.05) is 64.0 Å². The number of ether oxygens (including phenoxy) is 2. The Morgan fingerprint density at radius 2 is 1.14 bits per heavy atom. The Morgan fingerprint density at radius 3 is 1.79 bits per heavy atom. The number of amides is 2. The smallest absolute Gasteiger partial charge is 0.252 e. The van der Waals surface area contributed by atoms with Crippen LogP contribution in [0.4, 0.5) is 0 Å². The van der Waals surface area contributed by atoms with E-state index in [0.29, 0.717) is 46.5 Å². The lowest BCUT2D eigenvalue weighted by Gasteiger charge is -2.14. The maximum absolute atomic E-state index is 12.7. The number of rotatable bonds is 10. The van der Waals surface area contributed by atoms with E-state index in [4.69, 9.17) is 9.47 Å². The quantitative estimate of drug-likeness (QED) is 0.139. The van der Waals surface area contributed by atoms with Crippen molar-refractivity contribution in [3.05, 3.63) is 180 Å². The molecule has 0 unspecified atom stereocenters. The summed E-state index contributed by atoms with van der Waals surface area (Å²) >= 11 is 0. The molecule has 0 aliphatic carbocycles. The first kappa shape index (κ1) is 37.7. The van der Waals surface area contributed by atoms with Crippen molar-refractivity contribution in [2.24, 2.45) is 0 Å². The van der Waals surface area contributed by atoms with Crippen LogP contribution in [0.1, 0.15) is 48.9 Å². The van der Waals surface area contributed by atoms with Crippen molar-refractivity contribution in [3.63, 3.8) is 0 Å². The van der Waals surface area contributed by atoms with Gasteiger partial charge in [0.1, 0.15) is 35.1 Å². The largest absolute Gasteiger partial charge is 0.456 e. The van der Waals surface area contributed by atoms with Crippen molar-refractivity contribution in [3.8, 4) is 23.0 Å². The van der Waals surface area contributed by atoms with Crippen LogP contribution in [-0.2, 0) is 13.1 Å². The highest BCUT2D eigenvalue weighted by Gasteiger charge is 2.16. The van der Waals surface area contributed by atoms with Gasteiger partial charge in [0.2, 0.25) is 0 Å². The molecule has 0 fully saturated rings. The van der Waals surface area contributed by atoms with E-state index in [1.165, 1.54) is 6.33 Å². The molecule has 4 heterocycles. The molecule has 8 rings (SSSR count). The summed E-state index contributed by atoms with van der Waals surface area (Å²) in [5.74, 6) is 2.84. The van der Waals surface area contributed by atoms with E-state index in [-0.39, 0.29) is 18.4 Å². The van der Waals surface area contributed by atoms with Crippen LogP contribution in [0.25, 0.3) is 21.8 Å². The molecule has 57 heavy (non-hydrogen) atoms. The summed E-state index contributed by atoms with van der Waals surface area (Å²) < 4.78 is 12.3. The Balaban J connectivity index is 0.000000174. The highest BCUT2D eigenvalue weighted by atomic mass is 16.5. The lowest BCUT2D eigenvalue weighted by molar-refractivity contribution is 0.0941. The number of nitrogens with zero attached hydrogens (tertiary/aromatic N) is 6. The van der Waals surface area contributed by atoms with Gasteiger partial charge in [-0.15, -0.1) is 0 Å². The molecule has 0 radical (unpaired) electrons. The van der Waals surface area contributed by atoms with Crippen molar-refractivity contribution >= 4 is 33.6 Å². The third kappa shape index (κ3) is 9.20. The third-order valence-electron chi connectivity index (χ3n) is 9.06. The number of hydrogen-bond donors (Lipinski definition) is 2. The summed E-state index contributed by atoms with van der Waals surface area (Å²) in [4.78, 5) is 50.3. The van der Waals surface area contributed by atoms with Crippen molar-refractivity contribution < 1.29 is 19.1 Å². The van der Waals surface area contributed by atoms with E-state index < -0.39 is 0 Å². The van der Waals surface area contributed by atoms with Crippen molar-refractivity contribution in [2.45, 2.75) is 33.9 Å². The molecule has 8 aromatic rings. The number of carbonyl (C=O) groups excluding carboxylic acids is 2. The number of carbonyl (C=O) groups is 2. The number of benzene rings is 4. The minimum atomic E-state index is -0.199. The molecule has 4 aromatic heterocycles. The molecule has 12 heteroatoms. The van der Waals surface area contributed by atoms with Crippen LogP contribution < -0.4 is 20.1 Å². The van der Waals surface area contributed by atoms with Gasteiger partial charge in [-0.25, -0.2) is 19.9 Å². The van der Waals surface area contributed by atoms with Crippen LogP contribution in [0.5, 0.6) is 23.0 Å². The lowest BCUT2D eigenvalue weighted by atomic mass is 10.1. The second kappa shape index (κ2) is 17.7. The van der Waals surface area contributed by atoms with Gasteiger partial charge in [0.25, 0.3) is 11.8 Å². The fourth-order valence-electron chi connectivity index (χ4n) is 6.02. The lowest BCUT2D eigenvalue weighted by Crippen LogP contribution is -2.24. The summed E-state index contributed by atoms with van der Waals surface area (Å²) in [5, 5.41) is 7.58. The average Bonchev–Trinajstić information content (AvgIpc) is 3.24. The van der Waals surface area contributed by atoms with Gasteiger partial charge in [-0.2, -0.15) is 0 Å². The molecule has 0 bridgehead atoms. The maximum atomic E-state index is 12.7. The molecule has 12 nitrogen and oxygen atoms in total. The molecule has 0 saturated heterocycles. The predicted molar refractivity (Wildman–Crippen MR) is 217 cm³/mol. The molecule has 282 valence electrons. The minimum absolute atomic E-state index is 0.179. The molecular weight excluding hydrogens is 717 g/mol. The number of para-hydroxylation sites is 1. The van der Waals surface area contributed by atoms with Crippen LogP contribution >= 0.6 is 0 Å². The summed E-state index contributed by atoms with van der Waals surface area (Å²) in [6.07, 6.45) is 9.84. The second-order valence-corrected chi connectivity index (χ2v) is 12.9. The van der Waals surface area contributed by atoms with Crippen LogP contribution in [0.3, 0.4) is 0 Å². The second-order valence-electron chi connectivity index (χ2n) is 12.9. The number of fused-ring (bicyclic) bond motifs is 2. The fourth-order valence-corrected chi connectivity index (χ4v) is 6.02. The Bertz CT molecular complexity index is 2670. The van der Waals surface area contributed by atoms with Crippen molar-refractivity contribution in [1.29, 1.82) is 0 Å². The Labute approximate surface area is 329 Å². The minimum Gasteiger partial charge on any atom is -0.456 e. The Morgan fingerprint density at radius 1 is 0.526 bits per heavy atom. The predicted octanol–water partition coefficient (Wildman–Crippen LogP) is 8.42. The molecule has 0 spiro atoms. The van der Waals surface area contributed by atoms with Crippen LogP contribution in [0, 0.1) is 20.8 Å². The van der Waals surface area contributed by atoms with Gasteiger partial charge in [-0.3, -0.25) is 19.6 Å². The van der Waals surface area contributed by atoms with Crippen LogP contribution in [0.2, 0.25) is 0 Å². The zero-order valence-electron chi connectivity index (χ0n) is 31.5. The Hall–Kier alpha value is -7.60. The van der Waals surface area contributed by atoms with Crippen molar-refractivity contribution in [2.75, 3.05) is 0 Å². The average molecular weight is 755 g/mol. The summed E-state index contributed by atoms with van der Waals surface area (Å²) in [6, 6.07) is 31.9. The van der Waals surface area contributed by atoms with E-state index in [9.17, 15) is 9.59 Å². The van der Waals surface area contributed by atoms with E-state index in [1.54, 1.807) is 61.3 Å². The molecule has 2 amide bonds. The number of aryl methyl sites for hydroxylation is 1. The molecular formula is C45H38N8O4. The van der Waals surface area contributed by atoms with E-state index in [2.05, 4.69) is 40.5 Å². The highest BCUT2D eigenvalue weighted by molar-refractivity contribution is 5.97. The molecule has 2 N–H and O–H groups in total. The third-order valence-corrected chi connectivity index (χ3v) is 9.06. The van der Waals surface area contributed by atoms with E-state index in [0.717, 1.165) is 44.2 Å². The number of hydrogen-bond acceptors (Lipinski definition) is 10. The molecule has 0 saturated carbocycles. The molecule has 0 aliphatic heterocycles. The standard InChI is InChI=1S/C23H20N4O2.C22H18N4O2/c1-15-6-7-19-20(12-15)25-11-9-22(19)29-21-5-3-4-18(16(21)2)23(28)26-13-17-8-10-24-14-27-17;1-15-16(22(27)26-14-21-24-11-5-12-25-21)7-4-9-19(15)28-20-10-13-23-18-8-3-2-6-17(18)20/h3-12,14H,13H2,1-2H3,(H,26,28);2-13H,14H2,1H3,(H,26,27). The molecule has 0 aliphatic rings. The first-order valence-corrected chi connectivity index (χ1v) is 18.2. The zero-order valence-corrected chi connectivity index (χ0v) is 31.5. The van der Waals surface area contributed by atoms with E-state index in [1.807, 2.05) is 93.6 Å². The van der Waals surface area contributed by atoms with Crippen LogP contribution in [0.15, 0.2) is 140 Å². The SMILES string of the molecule is Cc1c(Oc2ccnc3ccccc23)cccc1C(=O)NCc1ncccn1.Cc1ccc2c(Oc3cccc(C(=O)NCc4ccncn4)c3C)ccnc2c1. The van der Waals surface area contributed by atoms with Crippen molar-refractivity contribution in [1.82, 2.24) is 40.5 Å². The number of pyridine rings is 2. The zero-order chi connectivity index (χ0) is 39.6. The molecule has 0 atom stereocenters. The highest BCUT2D eigenvalue weighted by Crippen LogP contribution is 2.33. The fraction of sp³-hybridized carbons (Fsp3) is 0.111. The summed E-state index contributed by atoms with van der Waals surface area (Å²) in [5.41, 5.74) is 6.25. The Kier molecular flexibility index (Phi) is 11.7. The number of nitrogens with one attached hydrogen (secondary N) is 2. The number of aromatic nitrogens is 6. The van der Waals surface area contributed by atoms with Gasteiger partial charge in [-0.1, -0.05) is 30.3 Å². The molecule has 4 aromatic carbocycles.